The molecule has 8 heteroatoms. The quantitative estimate of drug-likeness (QED) is 0.383. The van der Waals surface area contributed by atoms with E-state index in [1.807, 2.05) is 37.3 Å². The van der Waals surface area contributed by atoms with Crippen LogP contribution in [0.5, 0.6) is 17.2 Å². The van der Waals surface area contributed by atoms with E-state index in [-0.39, 0.29) is 18.1 Å². The van der Waals surface area contributed by atoms with Crippen LogP contribution in [0.3, 0.4) is 0 Å². The summed E-state index contributed by atoms with van der Waals surface area (Å²) in [4.78, 5) is 12.2. The number of amides is 1. The Balaban J connectivity index is 1.58. The molecule has 0 saturated carbocycles. The molecule has 7 nitrogen and oxygen atoms in total. The van der Waals surface area contributed by atoms with Gasteiger partial charge in [0.25, 0.3) is 0 Å². The molecular formula is C21H19BrN2O5. The highest BCUT2D eigenvalue weighted by molar-refractivity contribution is 9.10. The van der Waals surface area contributed by atoms with Crippen LogP contribution < -0.4 is 14.9 Å². The Morgan fingerprint density at radius 2 is 2.00 bits per heavy atom. The number of phenolic OH excluding ortho intramolecular Hbond substituents is 1. The number of aromatic hydroxyl groups is 1. The lowest BCUT2D eigenvalue weighted by Gasteiger charge is -2.08. The number of rotatable bonds is 8. The zero-order chi connectivity index (χ0) is 20.6. The number of phenols is 1. The number of nitrogens with zero attached hydrogens (tertiary/aromatic N) is 1. The van der Waals surface area contributed by atoms with Crippen LogP contribution in [0.4, 0.5) is 0 Å². The third-order valence-corrected chi connectivity index (χ3v) is 4.44. The molecule has 0 saturated heterocycles. The Hall–Kier alpha value is -3.26. The number of furan rings is 1. The van der Waals surface area contributed by atoms with Gasteiger partial charge in [-0.1, -0.05) is 18.2 Å². The first-order chi connectivity index (χ1) is 14.1. The molecule has 2 aromatic carbocycles. The van der Waals surface area contributed by atoms with Gasteiger partial charge in [0.05, 0.1) is 12.8 Å². The topological polar surface area (TPSA) is 93.3 Å². The molecule has 3 aromatic rings. The molecule has 0 atom stereocenters. The number of nitrogens with one attached hydrogen (secondary N) is 1. The number of benzene rings is 2. The summed E-state index contributed by atoms with van der Waals surface area (Å²) in [6, 6.07) is 15.7. The summed E-state index contributed by atoms with van der Waals surface area (Å²) in [5.41, 5.74) is 3.03. The van der Waals surface area contributed by atoms with Gasteiger partial charge in [0.2, 0.25) is 0 Å². The van der Waals surface area contributed by atoms with Crippen LogP contribution in [0.15, 0.2) is 68.6 Å². The van der Waals surface area contributed by atoms with Gasteiger partial charge in [-0.15, -0.1) is 0 Å². The monoisotopic (exact) mass is 458 g/mol. The lowest BCUT2D eigenvalue weighted by atomic mass is 10.2. The van der Waals surface area contributed by atoms with Crippen molar-refractivity contribution in [1.29, 1.82) is 0 Å². The smallest absolute Gasteiger partial charge is 0.307 e. The highest BCUT2D eigenvalue weighted by Crippen LogP contribution is 2.31. The van der Waals surface area contributed by atoms with Crippen LogP contribution >= 0.6 is 15.9 Å². The van der Waals surface area contributed by atoms with Crippen molar-refractivity contribution < 1.29 is 23.8 Å². The van der Waals surface area contributed by atoms with E-state index in [2.05, 4.69) is 26.5 Å². The van der Waals surface area contributed by atoms with E-state index in [0.29, 0.717) is 33.9 Å². The van der Waals surface area contributed by atoms with Crippen LogP contribution in [-0.2, 0) is 6.61 Å². The summed E-state index contributed by atoms with van der Waals surface area (Å²) in [5.74, 6) is 1.20. The van der Waals surface area contributed by atoms with Crippen molar-refractivity contribution in [2.75, 3.05) is 6.61 Å². The van der Waals surface area contributed by atoms with E-state index in [1.54, 1.807) is 18.2 Å². The van der Waals surface area contributed by atoms with Gasteiger partial charge >= 0.3 is 5.91 Å². The highest BCUT2D eigenvalue weighted by Gasteiger charge is 2.11. The van der Waals surface area contributed by atoms with Gasteiger partial charge in [-0.3, -0.25) is 4.79 Å². The molecule has 3 rings (SSSR count). The Bertz CT molecular complexity index is 1000. The Labute approximate surface area is 176 Å². The number of hydrogen-bond acceptors (Lipinski definition) is 6. The fraction of sp³-hybridized carbons (Fsp3) is 0.143. The normalized spacial score (nSPS) is 10.8. The maximum absolute atomic E-state index is 12.2. The van der Waals surface area contributed by atoms with E-state index >= 15 is 0 Å². The van der Waals surface area contributed by atoms with E-state index in [9.17, 15) is 9.90 Å². The van der Waals surface area contributed by atoms with Crippen LogP contribution in [0.1, 0.15) is 28.8 Å². The lowest BCUT2D eigenvalue weighted by Crippen LogP contribution is -2.16. The molecule has 1 heterocycles. The van der Waals surface area contributed by atoms with E-state index in [4.69, 9.17) is 13.9 Å². The summed E-state index contributed by atoms with van der Waals surface area (Å²) in [6.45, 7) is 2.44. The second kappa shape index (κ2) is 9.79. The Kier molecular flexibility index (Phi) is 6.91. The van der Waals surface area contributed by atoms with E-state index in [0.717, 1.165) is 0 Å². The molecule has 0 fully saturated rings. The van der Waals surface area contributed by atoms with Gasteiger partial charge in [-0.05, 0) is 59.3 Å². The molecule has 1 aromatic heterocycles. The van der Waals surface area contributed by atoms with Crippen molar-refractivity contribution >= 4 is 28.1 Å². The largest absolute Gasteiger partial charge is 0.504 e. The maximum atomic E-state index is 12.2. The first-order valence-corrected chi connectivity index (χ1v) is 9.61. The van der Waals surface area contributed by atoms with Gasteiger partial charge in [-0.25, -0.2) is 5.43 Å². The van der Waals surface area contributed by atoms with E-state index < -0.39 is 5.91 Å². The third-order valence-electron chi connectivity index (χ3n) is 3.76. The fourth-order valence-corrected chi connectivity index (χ4v) is 2.83. The van der Waals surface area contributed by atoms with Crippen LogP contribution in [0, 0.1) is 0 Å². The number of para-hydroxylation sites is 1. The summed E-state index contributed by atoms with van der Waals surface area (Å²) in [7, 11) is 0. The molecule has 0 aliphatic heterocycles. The molecule has 29 heavy (non-hydrogen) atoms. The van der Waals surface area contributed by atoms with Crippen LogP contribution in [0.2, 0.25) is 0 Å². The number of hydrazone groups is 1. The highest BCUT2D eigenvalue weighted by atomic mass is 79.9. The molecule has 0 spiro atoms. The molecule has 1 amide bonds. The average Bonchev–Trinajstić information content (AvgIpc) is 3.20. The SMILES string of the molecule is CCOc1cc(/C=N/NC(=O)c2ccc(COc3ccccc3)o2)c(Br)cc1O. The number of hydrogen-bond donors (Lipinski definition) is 2. The van der Waals surface area contributed by atoms with Gasteiger partial charge in [-0.2, -0.15) is 5.10 Å². The van der Waals surface area contributed by atoms with Crippen molar-refractivity contribution in [3.05, 3.63) is 76.2 Å². The summed E-state index contributed by atoms with van der Waals surface area (Å²) < 4.78 is 17.0. The minimum Gasteiger partial charge on any atom is -0.504 e. The number of ether oxygens (including phenoxy) is 2. The maximum Gasteiger partial charge on any atom is 0.307 e. The van der Waals surface area contributed by atoms with Gasteiger partial charge in [0.15, 0.2) is 17.3 Å². The van der Waals surface area contributed by atoms with Crippen molar-refractivity contribution in [2.45, 2.75) is 13.5 Å². The van der Waals surface area contributed by atoms with Crippen molar-refractivity contribution in [3.8, 4) is 17.2 Å². The Morgan fingerprint density at radius 3 is 2.76 bits per heavy atom. The van der Waals surface area contributed by atoms with Gasteiger partial charge < -0.3 is 19.0 Å². The molecule has 0 radical (unpaired) electrons. The van der Waals surface area contributed by atoms with Gasteiger partial charge in [0, 0.05) is 10.0 Å². The summed E-state index contributed by atoms with van der Waals surface area (Å²) >= 11 is 3.33. The fourth-order valence-electron chi connectivity index (χ4n) is 2.39. The minimum atomic E-state index is -0.493. The second-order valence-corrected chi connectivity index (χ2v) is 6.70. The number of carbonyl (C=O) groups excluding carboxylic acids is 1. The molecular weight excluding hydrogens is 440 g/mol. The molecule has 150 valence electrons. The standard InChI is InChI=1S/C21H19BrN2O5/c1-2-27-20-10-14(17(22)11-18(20)25)12-23-24-21(26)19-9-8-16(29-19)13-28-15-6-4-3-5-7-15/h3-12,25H,2,13H2,1H3,(H,24,26)/b23-12+. The second-order valence-electron chi connectivity index (χ2n) is 5.84. The van der Waals surface area contributed by atoms with Crippen molar-refractivity contribution in [2.24, 2.45) is 5.10 Å². The first kappa shape index (κ1) is 20.5. The zero-order valence-corrected chi connectivity index (χ0v) is 17.2. The number of halogens is 1. The first-order valence-electron chi connectivity index (χ1n) is 8.82. The lowest BCUT2D eigenvalue weighted by molar-refractivity contribution is 0.0923. The van der Waals surface area contributed by atoms with Crippen LogP contribution in [-0.4, -0.2) is 23.8 Å². The molecule has 0 bridgehead atoms. The number of carbonyl (C=O) groups is 1. The van der Waals surface area contributed by atoms with Crippen LogP contribution in [0.25, 0.3) is 0 Å². The predicted molar refractivity (Wildman–Crippen MR) is 112 cm³/mol. The molecule has 0 unspecified atom stereocenters. The molecule has 0 aliphatic rings. The summed E-state index contributed by atoms with van der Waals surface area (Å²) in [5, 5.41) is 13.8. The van der Waals surface area contributed by atoms with E-state index in [1.165, 1.54) is 12.3 Å². The van der Waals surface area contributed by atoms with Crippen molar-refractivity contribution in [1.82, 2.24) is 5.43 Å². The average molecular weight is 459 g/mol. The predicted octanol–water partition coefficient (Wildman–Crippen LogP) is 4.49. The zero-order valence-electron chi connectivity index (χ0n) is 15.6. The molecule has 0 aliphatic carbocycles. The third kappa shape index (κ3) is 5.61. The molecule has 2 N–H and O–H groups in total. The van der Waals surface area contributed by atoms with Gasteiger partial charge in [0.1, 0.15) is 18.1 Å². The minimum absolute atomic E-state index is 0.0146. The Morgan fingerprint density at radius 1 is 1.21 bits per heavy atom. The summed E-state index contributed by atoms with van der Waals surface area (Å²) in [6.07, 6.45) is 1.44. The van der Waals surface area contributed by atoms with Crippen molar-refractivity contribution in [3.63, 3.8) is 0 Å².